The monoisotopic (exact) mass is 333 g/mol. The Bertz CT molecular complexity index is 636. The first-order chi connectivity index (χ1) is 11.1. The van der Waals surface area contributed by atoms with Crippen LogP contribution in [0.15, 0.2) is 28.8 Å². The van der Waals surface area contributed by atoms with Gasteiger partial charge in [0.1, 0.15) is 5.76 Å². The van der Waals surface area contributed by atoms with E-state index in [1.54, 1.807) is 11.8 Å². The number of amides is 1. The molecule has 0 aliphatic rings. The van der Waals surface area contributed by atoms with E-state index in [4.69, 9.17) is 4.52 Å². The van der Waals surface area contributed by atoms with E-state index in [1.807, 2.05) is 38.1 Å². The van der Waals surface area contributed by atoms with Gasteiger partial charge in [0, 0.05) is 23.5 Å². The summed E-state index contributed by atoms with van der Waals surface area (Å²) in [5.41, 5.74) is 3.97. The van der Waals surface area contributed by atoms with Gasteiger partial charge in [0.25, 0.3) is 0 Å². The van der Waals surface area contributed by atoms with Crippen LogP contribution in [-0.4, -0.2) is 23.4 Å². The van der Waals surface area contributed by atoms with Gasteiger partial charge in [0.2, 0.25) is 5.91 Å². The summed E-state index contributed by atoms with van der Waals surface area (Å²) in [5.74, 6) is 1.96. The Kier molecular flexibility index (Phi) is 6.67. The summed E-state index contributed by atoms with van der Waals surface area (Å²) in [4.78, 5) is 12.0. The molecule has 0 fully saturated rings. The van der Waals surface area contributed by atoms with Crippen molar-refractivity contribution in [1.29, 1.82) is 0 Å². The van der Waals surface area contributed by atoms with Gasteiger partial charge in [-0.3, -0.25) is 4.79 Å². The molecule has 0 saturated heterocycles. The molecule has 0 aliphatic heterocycles. The molecule has 1 amide bonds. The highest BCUT2D eigenvalue weighted by molar-refractivity contribution is 7.99. The predicted molar refractivity (Wildman–Crippen MR) is 94.6 cm³/mol. The first-order valence-corrected chi connectivity index (χ1v) is 8.84. The summed E-state index contributed by atoms with van der Waals surface area (Å²) in [6.45, 7) is 7.62. The molecule has 124 valence electrons. The molecule has 0 unspecified atom stereocenters. The summed E-state index contributed by atoms with van der Waals surface area (Å²) in [6, 6.07) is 7.91. The number of hydrogen-bond acceptors (Lipinski definition) is 5. The highest BCUT2D eigenvalue weighted by atomic mass is 32.2. The maximum absolute atomic E-state index is 12.0. The Morgan fingerprint density at radius 2 is 2.17 bits per heavy atom. The molecule has 0 spiro atoms. The molecule has 0 radical (unpaired) electrons. The van der Waals surface area contributed by atoms with Crippen molar-refractivity contribution in [1.82, 2.24) is 10.5 Å². The van der Waals surface area contributed by atoms with Gasteiger partial charge in [-0.1, -0.05) is 24.2 Å². The average molecular weight is 333 g/mol. The maximum Gasteiger partial charge on any atom is 0.234 e. The third-order valence-electron chi connectivity index (χ3n) is 3.45. The van der Waals surface area contributed by atoms with Crippen LogP contribution in [0.4, 0.5) is 5.69 Å². The normalized spacial score (nSPS) is 10.7. The molecule has 0 bridgehead atoms. The van der Waals surface area contributed by atoms with Crippen molar-refractivity contribution in [3.05, 3.63) is 46.8 Å². The van der Waals surface area contributed by atoms with Crippen molar-refractivity contribution in [2.45, 2.75) is 33.1 Å². The lowest BCUT2D eigenvalue weighted by molar-refractivity contribution is -0.113. The van der Waals surface area contributed by atoms with E-state index >= 15 is 0 Å². The van der Waals surface area contributed by atoms with Gasteiger partial charge in [-0.05, 0) is 38.1 Å². The van der Waals surface area contributed by atoms with E-state index in [1.165, 1.54) is 0 Å². The van der Waals surface area contributed by atoms with E-state index in [0.717, 1.165) is 47.1 Å². The number of nitrogens with zero attached hydrogens (tertiary/aromatic N) is 1. The molecular weight excluding hydrogens is 310 g/mol. The predicted octanol–water partition coefficient (Wildman–Crippen LogP) is 3.27. The number of aryl methyl sites for hydroxylation is 2. The number of nitrogens with one attached hydrogen (secondary N) is 2. The quantitative estimate of drug-likeness (QED) is 0.776. The lowest BCUT2D eigenvalue weighted by atomic mass is 10.2. The second kappa shape index (κ2) is 8.74. The van der Waals surface area contributed by atoms with E-state index in [0.29, 0.717) is 5.75 Å². The fourth-order valence-corrected chi connectivity index (χ4v) is 3.16. The number of carbonyl (C=O) groups is 1. The van der Waals surface area contributed by atoms with Gasteiger partial charge >= 0.3 is 0 Å². The van der Waals surface area contributed by atoms with Gasteiger partial charge in [-0.15, -0.1) is 11.8 Å². The molecule has 2 aromatic rings. The summed E-state index contributed by atoms with van der Waals surface area (Å²) in [7, 11) is 0. The Morgan fingerprint density at radius 3 is 2.87 bits per heavy atom. The molecule has 2 rings (SSSR count). The number of carbonyl (C=O) groups excluding carboxylic acids is 1. The Morgan fingerprint density at radius 1 is 1.35 bits per heavy atom. The molecule has 0 saturated carbocycles. The van der Waals surface area contributed by atoms with Gasteiger partial charge in [-0.2, -0.15) is 0 Å². The van der Waals surface area contributed by atoms with E-state index in [9.17, 15) is 4.79 Å². The number of rotatable bonds is 8. The van der Waals surface area contributed by atoms with Crippen LogP contribution in [0.5, 0.6) is 0 Å². The molecule has 6 heteroatoms. The zero-order chi connectivity index (χ0) is 16.7. The van der Waals surface area contributed by atoms with Crippen molar-refractivity contribution in [3.63, 3.8) is 0 Å². The number of aromatic nitrogens is 1. The molecule has 5 nitrogen and oxygen atoms in total. The Labute approximate surface area is 141 Å². The first kappa shape index (κ1) is 17.6. The smallest absolute Gasteiger partial charge is 0.234 e. The zero-order valence-corrected chi connectivity index (χ0v) is 14.6. The van der Waals surface area contributed by atoms with Crippen LogP contribution in [0.1, 0.15) is 29.5 Å². The largest absolute Gasteiger partial charge is 0.361 e. The fourth-order valence-electron chi connectivity index (χ4n) is 2.18. The SMILES string of the molecule is CCNCc1cccc(NC(=O)CSCc2c(C)noc2C)c1. The van der Waals surface area contributed by atoms with Gasteiger partial charge < -0.3 is 15.2 Å². The van der Waals surface area contributed by atoms with Gasteiger partial charge in [-0.25, -0.2) is 0 Å². The summed E-state index contributed by atoms with van der Waals surface area (Å²) in [6.07, 6.45) is 0. The minimum Gasteiger partial charge on any atom is -0.361 e. The molecule has 2 N–H and O–H groups in total. The van der Waals surface area contributed by atoms with Crippen LogP contribution >= 0.6 is 11.8 Å². The second-order valence-corrected chi connectivity index (χ2v) is 6.31. The summed E-state index contributed by atoms with van der Waals surface area (Å²) in [5, 5.41) is 10.1. The molecule has 1 aromatic carbocycles. The lowest BCUT2D eigenvalue weighted by Crippen LogP contribution is -2.15. The molecule has 1 heterocycles. The minimum atomic E-state index is 0.00219. The van der Waals surface area contributed by atoms with Crippen molar-refractivity contribution < 1.29 is 9.32 Å². The van der Waals surface area contributed by atoms with E-state index < -0.39 is 0 Å². The highest BCUT2D eigenvalue weighted by Gasteiger charge is 2.10. The Balaban J connectivity index is 1.80. The molecule has 0 atom stereocenters. The Hall–Kier alpha value is -1.79. The lowest BCUT2D eigenvalue weighted by Gasteiger charge is -2.08. The van der Waals surface area contributed by atoms with Crippen LogP contribution < -0.4 is 10.6 Å². The average Bonchev–Trinajstić information content (AvgIpc) is 2.85. The first-order valence-electron chi connectivity index (χ1n) is 7.69. The third kappa shape index (κ3) is 5.41. The van der Waals surface area contributed by atoms with Crippen molar-refractivity contribution in [2.24, 2.45) is 0 Å². The van der Waals surface area contributed by atoms with Crippen molar-refractivity contribution in [2.75, 3.05) is 17.6 Å². The molecular formula is C17H23N3O2S. The van der Waals surface area contributed by atoms with Crippen LogP contribution in [0.2, 0.25) is 0 Å². The molecule has 23 heavy (non-hydrogen) atoms. The van der Waals surface area contributed by atoms with Gasteiger partial charge in [0.05, 0.1) is 11.4 Å². The minimum absolute atomic E-state index is 0.00219. The van der Waals surface area contributed by atoms with Gasteiger partial charge in [0.15, 0.2) is 0 Å². The van der Waals surface area contributed by atoms with E-state index in [-0.39, 0.29) is 5.91 Å². The summed E-state index contributed by atoms with van der Waals surface area (Å²) >= 11 is 1.56. The number of thioether (sulfide) groups is 1. The standard InChI is InChI=1S/C17H23N3O2S/c1-4-18-9-14-6-5-7-15(8-14)19-17(21)11-23-10-16-12(2)20-22-13(16)3/h5-8,18H,4,9-11H2,1-3H3,(H,19,21). The van der Waals surface area contributed by atoms with E-state index in [2.05, 4.69) is 22.7 Å². The fraction of sp³-hybridized carbons (Fsp3) is 0.412. The van der Waals surface area contributed by atoms with Crippen molar-refractivity contribution in [3.8, 4) is 0 Å². The van der Waals surface area contributed by atoms with Crippen molar-refractivity contribution >= 4 is 23.4 Å². The molecule has 1 aromatic heterocycles. The molecule has 0 aliphatic carbocycles. The second-order valence-electron chi connectivity index (χ2n) is 5.32. The topological polar surface area (TPSA) is 67.2 Å². The summed E-state index contributed by atoms with van der Waals surface area (Å²) < 4.78 is 5.12. The number of anilines is 1. The maximum atomic E-state index is 12.0. The third-order valence-corrected chi connectivity index (χ3v) is 4.41. The van der Waals surface area contributed by atoms with Crippen LogP contribution in [0.25, 0.3) is 0 Å². The van der Waals surface area contributed by atoms with Crippen LogP contribution in [0, 0.1) is 13.8 Å². The number of benzene rings is 1. The van der Waals surface area contributed by atoms with Crippen LogP contribution in [0.3, 0.4) is 0 Å². The van der Waals surface area contributed by atoms with Crippen LogP contribution in [-0.2, 0) is 17.1 Å². The number of hydrogen-bond donors (Lipinski definition) is 2. The highest BCUT2D eigenvalue weighted by Crippen LogP contribution is 2.19. The zero-order valence-electron chi connectivity index (χ0n) is 13.8.